The summed E-state index contributed by atoms with van der Waals surface area (Å²) in [5, 5.41) is 0. The minimum atomic E-state index is -0.245. The Bertz CT molecular complexity index is 732. The lowest BCUT2D eigenvalue weighted by Gasteiger charge is -2.29. The number of aromatic nitrogens is 2. The van der Waals surface area contributed by atoms with Crippen LogP contribution in [-0.4, -0.2) is 45.3 Å². The lowest BCUT2D eigenvalue weighted by Crippen LogP contribution is -2.34. The molecule has 0 aliphatic carbocycles. The van der Waals surface area contributed by atoms with Crippen LogP contribution >= 0.6 is 0 Å². The smallest absolute Gasteiger partial charge is 0.219 e. The van der Waals surface area contributed by atoms with E-state index >= 15 is 0 Å². The quantitative estimate of drug-likeness (QED) is 0.940. The van der Waals surface area contributed by atoms with E-state index < -0.39 is 0 Å². The normalized spacial score (nSPS) is 26.8. The minimum Gasteiger partial charge on any atom is -0.348 e. The molecule has 2 aliphatic rings. The highest BCUT2D eigenvalue weighted by molar-refractivity contribution is 5.74. The lowest BCUT2D eigenvalue weighted by molar-refractivity contribution is -0.130. The Labute approximate surface area is 140 Å². The number of imidazole rings is 1. The van der Waals surface area contributed by atoms with Gasteiger partial charge in [-0.15, -0.1) is 0 Å². The van der Waals surface area contributed by atoms with E-state index in [-0.39, 0.29) is 17.8 Å². The number of aromatic amines is 1. The van der Waals surface area contributed by atoms with Crippen molar-refractivity contribution in [1.82, 2.24) is 19.8 Å². The molecule has 5 nitrogen and oxygen atoms in total. The maximum absolute atomic E-state index is 13.7. The van der Waals surface area contributed by atoms with Crippen molar-refractivity contribution in [1.29, 1.82) is 0 Å². The first-order chi connectivity index (χ1) is 11.6. The van der Waals surface area contributed by atoms with Crippen molar-refractivity contribution in [2.45, 2.75) is 19.5 Å². The molecule has 0 bridgehead atoms. The Morgan fingerprint density at radius 1 is 1.38 bits per heavy atom. The van der Waals surface area contributed by atoms with Crippen molar-refractivity contribution < 1.29 is 9.18 Å². The van der Waals surface area contributed by atoms with Gasteiger partial charge in [0.1, 0.15) is 11.6 Å². The molecule has 1 amide bonds. The minimum absolute atomic E-state index is 0.0372. The molecule has 0 saturated carbocycles. The van der Waals surface area contributed by atoms with Crippen LogP contribution in [0.4, 0.5) is 4.39 Å². The number of halogens is 1. The first-order valence-corrected chi connectivity index (χ1v) is 8.35. The van der Waals surface area contributed by atoms with Gasteiger partial charge in [0, 0.05) is 44.9 Å². The van der Waals surface area contributed by atoms with Gasteiger partial charge in [-0.05, 0) is 23.6 Å². The molecule has 126 valence electrons. The maximum atomic E-state index is 13.7. The Morgan fingerprint density at radius 2 is 2.25 bits per heavy atom. The molecule has 2 fully saturated rings. The van der Waals surface area contributed by atoms with E-state index in [1.165, 1.54) is 6.07 Å². The van der Waals surface area contributed by atoms with Crippen molar-refractivity contribution in [3.8, 4) is 0 Å². The Balaban J connectivity index is 1.57. The van der Waals surface area contributed by atoms with Gasteiger partial charge in [-0.1, -0.05) is 12.1 Å². The third-order valence-electron chi connectivity index (χ3n) is 5.26. The zero-order valence-corrected chi connectivity index (χ0v) is 13.7. The van der Waals surface area contributed by atoms with Crippen LogP contribution in [0.1, 0.15) is 24.4 Å². The summed E-state index contributed by atoms with van der Waals surface area (Å²) in [6, 6.07) is 6.64. The third-order valence-corrected chi connectivity index (χ3v) is 5.26. The van der Waals surface area contributed by atoms with Crippen LogP contribution in [0, 0.1) is 17.7 Å². The van der Waals surface area contributed by atoms with Crippen LogP contribution in [-0.2, 0) is 11.3 Å². The summed E-state index contributed by atoms with van der Waals surface area (Å²) in [6.45, 7) is 4.98. The number of rotatable bonds is 3. The van der Waals surface area contributed by atoms with E-state index in [4.69, 9.17) is 0 Å². The van der Waals surface area contributed by atoms with Crippen molar-refractivity contribution in [2.75, 3.05) is 19.6 Å². The summed E-state index contributed by atoms with van der Waals surface area (Å²) >= 11 is 0. The number of carbonyl (C=O) groups excluding carboxylic acids is 1. The largest absolute Gasteiger partial charge is 0.348 e. The van der Waals surface area contributed by atoms with Crippen molar-refractivity contribution in [2.24, 2.45) is 11.8 Å². The van der Waals surface area contributed by atoms with Crippen molar-refractivity contribution >= 4 is 5.91 Å². The van der Waals surface area contributed by atoms with Gasteiger partial charge >= 0.3 is 0 Å². The van der Waals surface area contributed by atoms with Gasteiger partial charge < -0.3 is 9.88 Å². The predicted molar refractivity (Wildman–Crippen MR) is 87.4 cm³/mol. The van der Waals surface area contributed by atoms with E-state index in [0.29, 0.717) is 11.8 Å². The topological polar surface area (TPSA) is 52.2 Å². The SMILES string of the molecule is CC(=O)N1C[C@H]2CN(Cc3ncc[nH]3)C[C@H]2[C@H]1c1cccc(F)c1. The molecule has 1 aromatic heterocycles. The van der Waals surface area contributed by atoms with E-state index in [9.17, 15) is 9.18 Å². The van der Waals surface area contributed by atoms with Gasteiger partial charge in [-0.2, -0.15) is 0 Å². The molecular weight excluding hydrogens is 307 g/mol. The number of likely N-dealkylation sites (tertiary alicyclic amines) is 2. The lowest BCUT2D eigenvalue weighted by atomic mass is 9.89. The highest BCUT2D eigenvalue weighted by atomic mass is 19.1. The summed E-state index contributed by atoms with van der Waals surface area (Å²) in [4.78, 5) is 23.8. The summed E-state index contributed by atoms with van der Waals surface area (Å²) < 4.78 is 13.7. The predicted octanol–water partition coefficient (Wildman–Crippen LogP) is 2.20. The molecule has 2 aromatic rings. The average molecular weight is 328 g/mol. The fraction of sp³-hybridized carbons (Fsp3) is 0.444. The second kappa shape index (κ2) is 6.02. The number of fused-ring (bicyclic) bond motifs is 1. The highest BCUT2D eigenvalue weighted by Gasteiger charge is 2.48. The number of H-pyrrole nitrogens is 1. The molecule has 6 heteroatoms. The second-order valence-electron chi connectivity index (χ2n) is 6.83. The Morgan fingerprint density at radius 3 is 2.96 bits per heavy atom. The molecule has 4 rings (SSSR count). The van der Waals surface area contributed by atoms with Gasteiger partial charge in [0.05, 0.1) is 12.6 Å². The van der Waals surface area contributed by atoms with E-state index in [1.807, 2.05) is 17.2 Å². The Kier molecular flexibility index (Phi) is 3.84. The van der Waals surface area contributed by atoms with Gasteiger partial charge in [0.15, 0.2) is 0 Å². The van der Waals surface area contributed by atoms with Crippen LogP contribution in [0.2, 0.25) is 0 Å². The van der Waals surface area contributed by atoms with Crippen molar-refractivity contribution in [3.05, 3.63) is 53.9 Å². The standard InChI is InChI=1S/C18H21FN4O/c1-12(24)23-9-14-8-22(11-17-20-5-6-21-17)10-16(14)18(23)13-3-2-4-15(19)7-13/h2-7,14,16,18H,8-11H2,1H3,(H,20,21)/t14-,16-,18-/m1/s1. The molecule has 2 aliphatic heterocycles. The number of hydrogen-bond donors (Lipinski definition) is 1. The monoisotopic (exact) mass is 328 g/mol. The molecule has 3 atom stereocenters. The average Bonchev–Trinajstić information content (AvgIpc) is 3.23. The highest BCUT2D eigenvalue weighted by Crippen LogP contribution is 2.45. The van der Waals surface area contributed by atoms with Gasteiger partial charge in [0.25, 0.3) is 0 Å². The summed E-state index contributed by atoms with van der Waals surface area (Å²) in [5.41, 5.74) is 0.901. The Hall–Kier alpha value is -2.21. The van der Waals surface area contributed by atoms with Gasteiger partial charge in [0.2, 0.25) is 5.91 Å². The molecule has 0 radical (unpaired) electrons. The summed E-state index contributed by atoms with van der Waals surface area (Å²) in [5.74, 6) is 1.55. The zero-order valence-electron chi connectivity index (χ0n) is 13.7. The molecule has 1 aromatic carbocycles. The molecule has 2 saturated heterocycles. The first-order valence-electron chi connectivity index (χ1n) is 8.35. The van der Waals surface area contributed by atoms with Gasteiger partial charge in [-0.25, -0.2) is 9.37 Å². The number of benzene rings is 1. The zero-order chi connectivity index (χ0) is 16.7. The number of nitrogens with zero attached hydrogens (tertiary/aromatic N) is 3. The van der Waals surface area contributed by atoms with Crippen LogP contribution in [0.3, 0.4) is 0 Å². The van der Waals surface area contributed by atoms with E-state index in [1.54, 1.807) is 25.3 Å². The molecule has 24 heavy (non-hydrogen) atoms. The summed E-state index contributed by atoms with van der Waals surface area (Å²) in [7, 11) is 0. The number of amides is 1. The third kappa shape index (κ3) is 2.71. The van der Waals surface area contributed by atoms with Crippen LogP contribution in [0.15, 0.2) is 36.7 Å². The van der Waals surface area contributed by atoms with Crippen LogP contribution in [0.25, 0.3) is 0 Å². The molecule has 0 spiro atoms. The molecule has 0 unspecified atom stereocenters. The van der Waals surface area contributed by atoms with Gasteiger partial charge in [-0.3, -0.25) is 9.69 Å². The number of carbonyl (C=O) groups is 1. The van der Waals surface area contributed by atoms with Crippen molar-refractivity contribution in [3.63, 3.8) is 0 Å². The van der Waals surface area contributed by atoms with E-state index in [2.05, 4.69) is 14.9 Å². The fourth-order valence-electron chi connectivity index (χ4n) is 4.30. The maximum Gasteiger partial charge on any atom is 0.219 e. The second-order valence-corrected chi connectivity index (χ2v) is 6.83. The van der Waals surface area contributed by atoms with Crippen LogP contribution < -0.4 is 0 Å². The summed E-state index contributed by atoms with van der Waals surface area (Å²) in [6.07, 6.45) is 3.60. The molecule has 1 N–H and O–H groups in total. The molecule has 3 heterocycles. The number of hydrogen-bond acceptors (Lipinski definition) is 3. The molecular formula is C18H21FN4O. The fourth-order valence-corrected chi connectivity index (χ4v) is 4.30. The number of nitrogens with one attached hydrogen (secondary N) is 1. The first kappa shape index (κ1) is 15.3. The van der Waals surface area contributed by atoms with E-state index in [0.717, 1.165) is 37.6 Å². The van der Waals surface area contributed by atoms with Crippen LogP contribution in [0.5, 0.6) is 0 Å².